The monoisotopic (exact) mass is 262 g/mol. The number of hydrogen-bond acceptors (Lipinski definition) is 0. The van der Waals surface area contributed by atoms with Crippen LogP contribution in [0, 0.1) is 11.5 Å². The third-order valence-electron chi connectivity index (χ3n) is 3.43. The first kappa shape index (κ1) is 12.3. The fraction of sp³-hybridized carbons (Fsp3) is 0.222. The SMILES string of the molecule is C[Si](C)(C)C#CC1c2ccccc2-c2ccccc21. The van der Waals surface area contributed by atoms with Crippen LogP contribution in [0.4, 0.5) is 0 Å². The number of rotatable bonds is 0. The molecule has 2 aromatic rings. The average molecular weight is 262 g/mol. The van der Waals surface area contributed by atoms with Gasteiger partial charge in [-0.05, 0) is 22.3 Å². The highest BCUT2D eigenvalue weighted by molar-refractivity contribution is 6.83. The molecule has 0 saturated carbocycles. The Balaban J connectivity index is 2.17. The summed E-state index contributed by atoms with van der Waals surface area (Å²) >= 11 is 0. The molecule has 0 aliphatic heterocycles. The number of fused-ring (bicyclic) bond motifs is 3. The van der Waals surface area contributed by atoms with Crippen molar-refractivity contribution in [1.82, 2.24) is 0 Å². The van der Waals surface area contributed by atoms with Gasteiger partial charge in [-0.15, -0.1) is 5.54 Å². The van der Waals surface area contributed by atoms with E-state index in [1.165, 1.54) is 22.3 Å². The Labute approximate surface area is 116 Å². The predicted octanol–water partition coefficient (Wildman–Crippen LogP) is 4.68. The largest absolute Gasteiger partial charge is 0.131 e. The van der Waals surface area contributed by atoms with E-state index >= 15 is 0 Å². The molecule has 1 aliphatic rings. The van der Waals surface area contributed by atoms with E-state index in [1.54, 1.807) is 0 Å². The lowest BCUT2D eigenvalue weighted by Crippen LogP contribution is -2.16. The summed E-state index contributed by atoms with van der Waals surface area (Å²) in [5, 5.41) is 0. The van der Waals surface area contributed by atoms with Crippen molar-refractivity contribution < 1.29 is 0 Å². The van der Waals surface area contributed by atoms with Crippen LogP contribution in [0.5, 0.6) is 0 Å². The van der Waals surface area contributed by atoms with Crippen molar-refractivity contribution in [1.29, 1.82) is 0 Å². The first-order valence-corrected chi connectivity index (χ1v) is 10.3. The highest BCUT2D eigenvalue weighted by Gasteiger charge is 2.26. The van der Waals surface area contributed by atoms with Gasteiger partial charge in [-0.3, -0.25) is 0 Å². The Hall–Kier alpha value is -1.78. The van der Waals surface area contributed by atoms with Gasteiger partial charge in [0.15, 0.2) is 0 Å². The van der Waals surface area contributed by atoms with Gasteiger partial charge in [-0.25, -0.2) is 0 Å². The Morgan fingerprint density at radius 1 is 0.789 bits per heavy atom. The first-order chi connectivity index (χ1) is 9.06. The van der Waals surface area contributed by atoms with Crippen LogP contribution in [0.15, 0.2) is 48.5 Å². The summed E-state index contributed by atoms with van der Waals surface area (Å²) in [6.07, 6.45) is 0. The lowest BCUT2D eigenvalue weighted by Gasteiger charge is -2.08. The summed E-state index contributed by atoms with van der Waals surface area (Å²) in [6.45, 7) is 6.90. The van der Waals surface area contributed by atoms with Gasteiger partial charge in [0.25, 0.3) is 0 Å². The lowest BCUT2D eigenvalue weighted by atomic mass is 9.98. The minimum Gasteiger partial charge on any atom is -0.131 e. The van der Waals surface area contributed by atoms with E-state index in [2.05, 4.69) is 79.6 Å². The van der Waals surface area contributed by atoms with Gasteiger partial charge in [0.1, 0.15) is 8.07 Å². The molecule has 0 aromatic heterocycles. The van der Waals surface area contributed by atoms with Crippen LogP contribution in [0.25, 0.3) is 11.1 Å². The van der Waals surface area contributed by atoms with Crippen LogP contribution in [0.1, 0.15) is 17.0 Å². The molecule has 19 heavy (non-hydrogen) atoms. The van der Waals surface area contributed by atoms with Crippen molar-refractivity contribution in [3.63, 3.8) is 0 Å². The molecule has 94 valence electrons. The lowest BCUT2D eigenvalue weighted by molar-refractivity contribution is 1.11. The maximum atomic E-state index is 3.55. The van der Waals surface area contributed by atoms with Gasteiger partial charge < -0.3 is 0 Å². The molecule has 0 N–H and O–H groups in total. The summed E-state index contributed by atoms with van der Waals surface area (Å²) in [7, 11) is -1.33. The molecular weight excluding hydrogens is 244 g/mol. The van der Waals surface area contributed by atoms with Crippen LogP contribution < -0.4 is 0 Å². The maximum absolute atomic E-state index is 3.55. The molecule has 0 atom stereocenters. The molecule has 0 spiro atoms. The summed E-state index contributed by atoms with van der Waals surface area (Å²) < 4.78 is 0. The Kier molecular flexibility index (Phi) is 2.84. The normalized spacial score (nSPS) is 13.4. The average Bonchev–Trinajstić information content (AvgIpc) is 2.70. The van der Waals surface area contributed by atoms with Crippen molar-refractivity contribution in [2.45, 2.75) is 25.6 Å². The zero-order valence-corrected chi connectivity index (χ0v) is 12.7. The van der Waals surface area contributed by atoms with E-state index in [1.807, 2.05) is 0 Å². The molecule has 0 fully saturated rings. The van der Waals surface area contributed by atoms with Gasteiger partial charge in [0, 0.05) is 0 Å². The van der Waals surface area contributed by atoms with Crippen LogP contribution in [0.2, 0.25) is 19.6 Å². The van der Waals surface area contributed by atoms with Crippen molar-refractivity contribution in [3.8, 4) is 22.6 Å². The number of benzene rings is 2. The summed E-state index contributed by atoms with van der Waals surface area (Å²) in [6, 6.07) is 17.3. The highest BCUT2D eigenvalue weighted by atomic mass is 28.3. The smallest absolute Gasteiger partial charge is 0.129 e. The number of hydrogen-bond donors (Lipinski definition) is 0. The van der Waals surface area contributed by atoms with Crippen LogP contribution in [0.3, 0.4) is 0 Å². The van der Waals surface area contributed by atoms with E-state index in [4.69, 9.17) is 0 Å². The summed E-state index contributed by atoms with van der Waals surface area (Å²) in [5.41, 5.74) is 8.98. The molecule has 0 radical (unpaired) electrons. The fourth-order valence-corrected chi connectivity index (χ4v) is 3.18. The zero-order chi connectivity index (χ0) is 13.5. The van der Waals surface area contributed by atoms with Crippen LogP contribution in [-0.2, 0) is 0 Å². The Morgan fingerprint density at radius 2 is 1.26 bits per heavy atom. The summed E-state index contributed by atoms with van der Waals surface area (Å²) in [5.74, 6) is 3.81. The molecule has 0 nitrogen and oxygen atoms in total. The van der Waals surface area contributed by atoms with E-state index in [0.29, 0.717) is 0 Å². The minimum absolute atomic E-state index is 0.263. The highest BCUT2D eigenvalue weighted by Crippen LogP contribution is 2.44. The van der Waals surface area contributed by atoms with Crippen LogP contribution >= 0.6 is 0 Å². The summed E-state index contributed by atoms with van der Waals surface area (Å²) in [4.78, 5) is 0. The second kappa shape index (κ2) is 4.40. The second-order valence-corrected chi connectivity index (χ2v) is 10.9. The topological polar surface area (TPSA) is 0 Å². The van der Waals surface area contributed by atoms with Gasteiger partial charge >= 0.3 is 0 Å². The molecule has 1 heteroatoms. The van der Waals surface area contributed by atoms with E-state index in [9.17, 15) is 0 Å². The maximum Gasteiger partial charge on any atom is 0.129 e. The quantitative estimate of drug-likeness (QED) is 0.478. The molecule has 3 rings (SSSR count). The fourth-order valence-electron chi connectivity index (χ4n) is 2.60. The van der Waals surface area contributed by atoms with Crippen molar-refractivity contribution in [2.24, 2.45) is 0 Å². The first-order valence-electron chi connectivity index (χ1n) is 6.77. The molecule has 0 unspecified atom stereocenters. The minimum atomic E-state index is -1.33. The molecular formula is C18H18Si. The van der Waals surface area contributed by atoms with Crippen molar-refractivity contribution >= 4 is 8.07 Å². The van der Waals surface area contributed by atoms with E-state index in [0.717, 1.165) is 0 Å². The molecule has 0 bridgehead atoms. The van der Waals surface area contributed by atoms with Crippen LogP contribution in [-0.4, -0.2) is 8.07 Å². The van der Waals surface area contributed by atoms with E-state index in [-0.39, 0.29) is 5.92 Å². The zero-order valence-electron chi connectivity index (χ0n) is 11.7. The van der Waals surface area contributed by atoms with Gasteiger partial charge in [0.05, 0.1) is 5.92 Å². The van der Waals surface area contributed by atoms with Gasteiger partial charge in [-0.2, -0.15) is 0 Å². The Morgan fingerprint density at radius 3 is 1.74 bits per heavy atom. The standard InChI is InChI=1S/C18H18Si/c1-19(2,3)13-12-18-16-10-6-4-8-14(16)15-9-5-7-11-17(15)18/h4-11,18H,1-3H3. The third-order valence-corrected chi connectivity index (χ3v) is 4.32. The van der Waals surface area contributed by atoms with Crippen molar-refractivity contribution in [2.75, 3.05) is 0 Å². The predicted molar refractivity (Wildman–Crippen MR) is 84.8 cm³/mol. The molecule has 0 amide bonds. The van der Waals surface area contributed by atoms with Gasteiger partial charge in [0.2, 0.25) is 0 Å². The molecule has 0 saturated heterocycles. The second-order valence-electron chi connectivity index (χ2n) is 6.13. The third kappa shape index (κ3) is 2.24. The Bertz CT molecular complexity index is 635. The molecule has 0 heterocycles. The molecule has 1 aliphatic carbocycles. The molecule has 2 aromatic carbocycles. The van der Waals surface area contributed by atoms with Gasteiger partial charge in [-0.1, -0.05) is 74.1 Å². The van der Waals surface area contributed by atoms with E-state index < -0.39 is 8.07 Å². The van der Waals surface area contributed by atoms with Crippen molar-refractivity contribution in [3.05, 3.63) is 59.7 Å².